The molecule has 0 aromatic rings. The lowest BCUT2D eigenvalue weighted by atomic mass is 10.1. The normalized spacial score (nSPS) is 37.8. The molecule has 15 heavy (non-hydrogen) atoms. The van der Waals surface area contributed by atoms with E-state index in [9.17, 15) is 0 Å². The van der Waals surface area contributed by atoms with Crippen molar-refractivity contribution >= 4 is 11.6 Å². The second-order valence-electron chi connectivity index (χ2n) is 4.80. The lowest BCUT2D eigenvalue weighted by Gasteiger charge is -2.22. The van der Waals surface area contributed by atoms with E-state index in [1.807, 2.05) is 0 Å². The number of nitrogens with one attached hydrogen (secondary N) is 1. The molecule has 0 amide bonds. The zero-order chi connectivity index (χ0) is 10.5. The van der Waals surface area contributed by atoms with Crippen LogP contribution in [0.25, 0.3) is 0 Å². The molecule has 1 heterocycles. The Bertz CT molecular complexity index is 182. The Labute approximate surface area is 97.7 Å². The largest absolute Gasteiger partial charge is 0.377 e. The van der Waals surface area contributed by atoms with Crippen molar-refractivity contribution in [1.29, 1.82) is 0 Å². The number of hydrogen-bond acceptors (Lipinski definition) is 2. The highest BCUT2D eigenvalue weighted by atomic mass is 35.5. The molecule has 3 atom stereocenters. The molecule has 1 saturated heterocycles. The Hall–Kier alpha value is 0.210. The van der Waals surface area contributed by atoms with Gasteiger partial charge in [0.25, 0.3) is 0 Å². The minimum atomic E-state index is 0.328. The molecule has 88 valence electrons. The van der Waals surface area contributed by atoms with Gasteiger partial charge in [0.2, 0.25) is 0 Å². The van der Waals surface area contributed by atoms with Crippen molar-refractivity contribution in [2.24, 2.45) is 0 Å². The van der Waals surface area contributed by atoms with Crippen molar-refractivity contribution in [3.05, 3.63) is 0 Å². The van der Waals surface area contributed by atoms with Crippen LogP contribution < -0.4 is 5.32 Å². The SMILES string of the molecule is ClC1CCCCCC1NCC1CCCO1. The van der Waals surface area contributed by atoms with E-state index in [-0.39, 0.29) is 0 Å². The van der Waals surface area contributed by atoms with Gasteiger partial charge in [0.15, 0.2) is 0 Å². The summed E-state index contributed by atoms with van der Waals surface area (Å²) < 4.78 is 5.60. The predicted octanol–water partition coefficient (Wildman–Crippen LogP) is 2.70. The lowest BCUT2D eigenvalue weighted by molar-refractivity contribution is 0.107. The summed E-state index contributed by atoms with van der Waals surface area (Å²) in [6.07, 6.45) is 9.26. The van der Waals surface area contributed by atoms with Gasteiger partial charge >= 0.3 is 0 Å². The molecule has 0 radical (unpaired) electrons. The molecule has 0 aromatic heterocycles. The van der Waals surface area contributed by atoms with Gasteiger partial charge in [-0.15, -0.1) is 11.6 Å². The van der Waals surface area contributed by atoms with Gasteiger partial charge in [0, 0.05) is 24.6 Å². The average molecular weight is 232 g/mol. The van der Waals surface area contributed by atoms with Crippen LogP contribution in [0.15, 0.2) is 0 Å². The fourth-order valence-corrected chi connectivity index (χ4v) is 2.95. The van der Waals surface area contributed by atoms with Crippen molar-refractivity contribution < 1.29 is 4.74 Å². The molecule has 2 fully saturated rings. The molecule has 0 aromatic carbocycles. The van der Waals surface area contributed by atoms with Crippen LogP contribution in [0.2, 0.25) is 0 Å². The summed E-state index contributed by atoms with van der Waals surface area (Å²) in [5.41, 5.74) is 0. The van der Waals surface area contributed by atoms with Gasteiger partial charge in [-0.2, -0.15) is 0 Å². The van der Waals surface area contributed by atoms with E-state index in [4.69, 9.17) is 16.3 Å². The Morgan fingerprint density at radius 3 is 2.73 bits per heavy atom. The smallest absolute Gasteiger partial charge is 0.0700 e. The highest BCUT2D eigenvalue weighted by Crippen LogP contribution is 2.22. The van der Waals surface area contributed by atoms with Gasteiger partial charge in [-0.1, -0.05) is 19.3 Å². The number of ether oxygens (including phenoxy) is 1. The summed E-state index contributed by atoms with van der Waals surface area (Å²) in [6, 6.07) is 0.512. The van der Waals surface area contributed by atoms with Crippen molar-refractivity contribution in [3.63, 3.8) is 0 Å². The van der Waals surface area contributed by atoms with Crippen LogP contribution in [0, 0.1) is 0 Å². The third kappa shape index (κ3) is 3.61. The summed E-state index contributed by atoms with van der Waals surface area (Å²) in [5, 5.41) is 3.92. The molecule has 2 aliphatic rings. The lowest BCUT2D eigenvalue weighted by Crippen LogP contribution is -2.40. The van der Waals surface area contributed by atoms with E-state index in [0.29, 0.717) is 17.5 Å². The molecule has 3 heteroatoms. The van der Waals surface area contributed by atoms with Crippen LogP contribution in [-0.2, 0) is 4.74 Å². The van der Waals surface area contributed by atoms with Gasteiger partial charge in [0.1, 0.15) is 0 Å². The Kier molecular flexibility index (Phi) is 4.73. The Morgan fingerprint density at radius 1 is 1.07 bits per heavy atom. The molecule has 1 aliphatic carbocycles. The number of rotatable bonds is 3. The third-order valence-corrected chi connectivity index (χ3v) is 4.09. The highest BCUT2D eigenvalue weighted by molar-refractivity contribution is 6.21. The molecular formula is C12H22ClNO. The fourth-order valence-electron chi connectivity index (χ4n) is 2.58. The maximum absolute atomic E-state index is 6.37. The number of halogens is 1. The van der Waals surface area contributed by atoms with E-state index in [2.05, 4.69) is 5.32 Å². The second kappa shape index (κ2) is 6.07. The van der Waals surface area contributed by atoms with Gasteiger partial charge in [-0.3, -0.25) is 0 Å². The van der Waals surface area contributed by atoms with E-state index >= 15 is 0 Å². The van der Waals surface area contributed by atoms with Crippen molar-refractivity contribution in [3.8, 4) is 0 Å². The fraction of sp³-hybridized carbons (Fsp3) is 1.00. The Morgan fingerprint density at radius 2 is 1.93 bits per heavy atom. The predicted molar refractivity (Wildman–Crippen MR) is 63.5 cm³/mol. The van der Waals surface area contributed by atoms with Crippen LogP contribution in [0.4, 0.5) is 0 Å². The van der Waals surface area contributed by atoms with E-state index in [1.54, 1.807) is 0 Å². The topological polar surface area (TPSA) is 21.3 Å². The monoisotopic (exact) mass is 231 g/mol. The molecule has 1 aliphatic heterocycles. The number of hydrogen-bond donors (Lipinski definition) is 1. The standard InChI is InChI=1S/C12H22ClNO/c13-11-6-2-1-3-7-12(11)14-9-10-5-4-8-15-10/h10-12,14H,1-9H2. The second-order valence-corrected chi connectivity index (χ2v) is 5.36. The molecule has 2 nitrogen and oxygen atoms in total. The summed E-state index contributed by atoms with van der Waals surface area (Å²) in [4.78, 5) is 0. The van der Waals surface area contributed by atoms with Crippen molar-refractivity contribution in [1.82, 2.24) is 5.32 Å². The van der Waals surface area contributed by atoms with Gasteiger partial charge in [-0.25, -0.2) is 0 Å². The highest BCUT2D eigenvalue weighted by Gasteiger charge is 2.23. The first-order chi connectivity index (χ1) is 7.36. The maximum atomic E-state index is 6.37. The third-order valence-electron chi connectivity index (χ3n) is 3.56. The minimum Gasteiger partial charge on any atom is -0.377 e. The van der Waals surface area contributed by atoms with Crippen LogP contribution >= 0.6 is 11.6 Å². The van der Waals surface area contributed by atoms with E-state index in [1.165, 1.54) is 44.9 Å². The van der Waals surface area contributed by atoms with Crippen LogP contribution in [-0.4, -0.2) is 30.7 Å². The van der Waals surface area contributed by atoms with Gasteiger partial charge in [-0.05, 0) is 25.7 Å². The summed E-state index contributed by atoms with van der Waals surface area (Å²) in [5.74, 6) is 0. The van der Waals surface area contributed by atoms with Crippen LogP contribution in [0.3, 0.4) is 0 Å². The Balaban J connectivity index is 1.71. The van der Waals surface area contributed by atoms with Crippen LogP contribution in [0.1, 0.15) is 44.9 Å². The van der Waals surface area contributed by atoms with Crippen molar-refractivity contribution in [2.45, 2.75) is 62.5 Å². The van der Waals surface area contributed by atoms with Gasteiger partial charge < -0.3 is 10.1 Å². The molecule has 0 spiro atoms. The molecule has 1 saturated carbocycles. The average Bonchev–Trinajstić information content (AvgIpc) is 2.67. The molecule has 0 bridgehead atoms. The zero-order valence-corrected chi connectivity index (χ0v) is 10.1. The first-order valence-corrected chi connectivity index (χ1v) is 6.79. The summed E-state index contributed by atoms with van der Waals surface area (Å²) in [6.45, 7) is 1.94. The first kappa shape index (κ1) is 11.7. The zero-order valence-electron chi connectivity index (χ0n) is 9.38. The summed E-state index contributed by atoms with van der Waals surface area (Å²) >= 11 is 6.37. The van der Waals surface area contributed by atoms with E-state index < -0.39 is 0 Å². The van der Waals surface area contributed by atoms with E-state index in [0.717, 1.165) is 13.2 Å². The van der Waals surface area contributed by atoms with Crippen molar-refractivity contribution in [2.75, 3.05) is 13.2 Å². The van der Waals surface area contributed by atoms with Gasteiger partial charge in [0.05, 0.1) is 6.10 Å². The molecular weight excluding hydrogens is 210 g/mol. The van der Waals surface area contributed by atoms with Crippen LogP contribution in [0.5, 0.6) is 0 Å². The quantitative estimate of drug-likeness (QED) is 0.596. The summed E-state index contributed by atoms with van der Waals surface area (Å²) in [7, 11) is 0. The molecule has 1 N–H and O–H groups in total. The molecule has 2 rings (SSSR count). The molecule has 3 unspecified atom stereocenters. The maximum Gasteiger partial charge on any atom is 0.0700 e. The first-order valence-electron chi connectivity index (χ1n) is 6.35. The number of alkyl halides is 1. The minimum absolute atomic E-state index is 0.328.